The summed E-state index contributed by atoms with van der Waals surface area (Å²) >= 11 is 0. The fourth-order valence-corrected chi connectivity index (χ4v) is 0.999. The quantitative estimate of drug-likeness (QED) is 0.367. The second-order valence-corrected chi connectivity index (χ2v) is 2.89. The summed E-state index contributed by atoms with van der Waals surface area (Å²) in [6.45, 7) is 0.996. The maximum Gasteiger partial charge on any atom is 0.169 e. The summed E-state index contributed by atoms with van der Waals surface area (Å²) in [5.74, 6) is 0. The molecule has 4 heteroatoms. The van der Waals surface area contributed by atoms with Crippen LogP contribution in [0.5, 0.6) is 0 Å². The first kappa shape index (κ1) is 11.8. The Balaban J connectivity index is 3.24. The van der Waals surface area contributed by atoms with Crippen molar-refractivity contribution in [3.63, 3.8) is 0 Å². The number of hydrogen-bond donors (Lipinski definition) is 3. The van der Waals surface area contributed by atoms with Crippen molar-refractivity contribution in [3.8, 4) is 0 Å². The molecule has 1 unspecified atom stereocenters. The average molecular weight is 176 g/mol. The summed E-state index contributed by atoms with van der Waals surface area (Å²) in [6.07, 6.45) is 2.08. The van der Waals surface area contributed by atoms with E-state index in [1.807, 2.05) is 7.05 Å². The van der Waals surface area contributed by atoms with Crippen LogP contribution in [0.3, 0.4) is 0 Å². The Morgan fingerprint density at radius 2 is 2.17 bits per heavy atom. The number of ether oxygens (including phenoxy) is 1. The Morgan fingerprint density at radius 1 is 1.50 bits per heavy atom. The zero-order valence-corrected chi connectivity index (χ0v) is 7.92. The maximum absolute atomic E-state index is 9.12. The molecule has 0 saturated carbocycles. The fourth-order valence-electron chi connectivity index (χ4n) is 0.999. The molecule has 0 heterocycles. The van der Waals surface area contributed by atoms with Gasteiger partial charge in [-0.15, -0.1) is 0 Å². The number of aliphatic hydroxyl groups is 1. The third-order valence-corrected chi connectivity index (χ3v) is 1.82. The standard InChI is InChI=1S/C8H20N2O2/c1-10-6-4-3-5-7(9)8(11)12-2/h7-8,10-11H,3-6,9H2,1-2H3/t7-,8?/m0/s1. The van der Waals surface area contributed by atoms with Crippen molar-refractivity contribution in [2.24, 2.45) is 5.73 Å². The first-order valence-corrected chi connectivity index (χ1v) is 4.33. The molecular weight excluding hydrogens is 156 g/mol. The van der Waals surface area contributed by atoms with Crippen LogP contribution in [0.25, 0.3) is 0 Å². The molecule has 0 aliphatic rings. The third kappa shape index (κ3) is 5.49. The Hall–Kier alpha value is -0.160. The third-order valence-electron chi connectivity index (χ3n) is 1.82. The molecule has 2 atom stereocenters. The number of hydrogen-bond acceptors (Lipinski definition) is 4. The first-order valence-electron chi connectivity index (χ1n) is 4.33. The Kier molecular flexibility index (Phi) is 7.39. The van der Waals surface area contributed by atoms with Crippen molar-refractivity contribution >= 4 is 0 Å². The summed E-state index contributed by atoms with van der Waals surface area (Å²) in [5.41, 5.74) is 5.61. The molecule has 0 aromatic heterocycles. The molecule has 0 rings (SSSR count). The van der Waals surface area contributed by atoms with Crippen LogP contribution in [-0.2, 0) is 4.74 Å². The smallest absolute Gasteiger partial charge is 0.169 e. The molecular formula is C8H20N2O2. The van der Waals surface area contributed by atoms with Gasteiger partial charge in [0.05, 0.1) is 6.04 Å². The lowest BCUT2D eigenvalue weighted by atomic mass is 10.1. The van der Waals surface area contributed by atoms with Crippen molar-refractivity contribution in [1.29, 1.82) is 0 Å². The second-order valence-electron chi connectivity index (χ2n) is 2.89. The first-order chi connectivity index (χ1) is 5.72. The lowest BCUT2D eigenvalue weighted by molar-refractivity contribution is -0.0908. The molecule has 4 nitrogen and oxygen atoms in total. The van der Waals surface area contributed by atoms with E-state index in [-0.39, 0.29) is 6.04 Å². The van der Waals surface area contributed by atoms with E-state index in [4.69, 9.17) is 10.8 Å². The second kappa shape index (κ2) is 7.49. The highest BCUT2D eigenvalue weighted by molar-refractivity contribution is 4.63. The van der Waals surface area contributed by atoms with Crippen LogP contribution in [0, 0.1) is 0 Å². The van der Waals surface area contributed by atoms with Crippen LogP contribution in [-0.4, -0.2) is 38.1 Å². The highest BCUT2D eigenvalue weighted by Crippen LogP contribution is 2.02. The van der Waals surface area contributed by atoms with Crippen molar-refractivity contribution in [1.82, 2.24) is 5.32 Å². The minimum absolute atomic E-state index is 0.258. The molecule has 0 spiro atoms. The van der Waals surface area contributed by atoms with Gasteiger partial charge in [-0.1, -0.05) is 6.42 Å². The van der Waals surface area contributed by atoms with Gasteiger partial charge >= 0.3 is 0 Å². The molecule has 0 bridgehead atoms. The van der Waals surface area contributed by atoms with E-state index in [1.165, 1.54) is 7.11 Å². The maximum atomic E-state index is 9.12. The molecule has 0 radical (unpaired) electrons. The van der Waals surface area contributed by atoms with E-state index < -0.39 is 6.29 Å². The molecule has 4 N–H and O–H groups in total. The van der Waals surface area contributed by atoms with Crippen LogP contribution in [0.2, 0.25) is 0 Å². The summed E-state index contributed by atoms with van der Waals surface area (Å²) in [7, 11) is 3.38. The number of aliphatic hydroxyl groups excluding tert-OH is 1. The summed E-state index contributed by atoms with van der Waals surface area (Å²) in [6, 6.07) is -0.258. The highest BCUT2D eigenvalue weighted by atomic mass is 16.6. The predicted molar refractivity (Wildman–Crippen MR) is 48.8 cm³/mol. The van der Waals surface area contributed by atoms with E-state index in [1.54, 1.807) is 0 Å². The number of methoxy groups -OCH3 is 1. The van der Waals surface area contributed by atoms with Gasteiger partial charge in [-0.25, -0.2) is 0 Å². The van der Waals surface area contributed by atoms with Crippen LogP contribution in [0.15, 0.2) is 0 Å². The van der Waals surface area contributed by atoms with Gasteiger partial charge in [-0.2, -0.15) is 0 Å². The number of rotatable bonds is 7. The van der Waals surface area contributed by atoms with Gasteiger partial charge in [-0.3, -0.25) is 0 Å². The predicted octanol–water partition coefficient (Wildman–Crippen LogP) is -0.332. The van der Waals surface area contributed by atoms with E-state index in [0.29, 0.717) is 0 Å². The van der Waals surface area contributed by atoms with Crippen molar-refractivity contribution < 1.29 is 9.84 Å². The molecule has 74 valence electrons. The van der Waals surface area contributed by atoms with Crippen molar-refractivity contribution in [2.45, 2.75) is 31.6 Å². The summed E-state index contributed by atoms with van der Waals surface area (Å²) in [5, 5.41) is 12.2. The van der Waals surface area contributed by atoms with Gasteiger partial charge in [-0.05, 0) is 26.4 Å². The van der Waals surface area contributed by atoms with E-state index >= 15 is 0 Å². The monoisotopic (exact) mass is 176 g/mol. The minimum atomic E-state index is -0.820. The Labute approximate surface area is 74.1 Å². The molecule has 0 aromatic carbocycles. The zero-order valence-electron chi connectivity index (χ0n) is 7.92. The molecule has 0 aliphatic carbocycles. The topological polar surface area (TPSA) is 67.5 Å². The lowest BCUT2D eigenvalue weighted by Gasteiger charge is -2.16. The Bertz CT molecular complexity index is 101. The van der Waals surface area contributed by atoms with Crippen LogP contribution in [0.1, 0.15) is 19.3 Å². The number of unbranched alkanes of at least 4 members (excludes halogenated alkanes) is 1. The van der Waals surface area contributed by atoms with E-state index in [2.05, 4.69) is 10.1 Å². The van der Waals surface area contributed by atoms with Crippen LogP contribution >= 0.6 is 0 Å². The molecule has 0 amide bonds. The average Bonchev–Trinajstić information content (AvgIpc) is 2.10. The minimum Gasteiger partial charge on any atom is -0.367 e. The van der Waals surface area contributed by atoms with Crippen LogP contribution < -0.4 is 11.1 Å². The van der Waals surface area contributed by atoms with Gasteiger partial charge in [0.25, 0.3) is 0 Å². The SMILES string of the molecule is CNCCCC[C@H](N)C(O)OC. The largest absolute Gasteiger partial charge is 0.367 e. The molecule has 12 heavy (non-hydrogen) atoms. The summed E-state index contributed by atoms with van der Waals surface area (Å²) < 4.78 is 4.68. The molecule has 0 aromatic rings. The van der Waals surface area contributed by atoms with E-state index in [9.17, 15) is 0 Å². The Morgan fingerprint density at radius 3 is 2.67 bits per heavy atom. The molecule has 0 fully saturated rings. The normalized spacial score (nSPS) is 16.0. The van der Waals surface area contributed by atoms with Crippen molar-refractivity contribution in [3.05, 3.63) is 0 Å². The molecule has 0 aliphatic heterocycles. The van der Waals surface area contributed by atoms with Crippen LogP contribution in [0.4, 0.5) is 0 Å². The summed E-state index contributed by atoms with van der Waals surface area (Å²) in [4.78, 5) is 0. The van der Waals surface area contributed by atoms with Crippen molar-refractivity contribution in [2.75, 3.05) is 20.7 Å². The van der Waals surface area contributed by atoms with E-state index in [0.717, 1.165) is 25.8 Å². The zero-order chi connectivity index (χ0) is 9.40. The highest BCUT2D eigenvalue weighted by Gasteiger charge is 2.12. The van der Waals surface area contributed by atoms with Gasteiger partial charge in [0.15, 0.2) is 6.29 Å². The number of nitrogens with one attached hydrogen (secondary N) is 1. The van der Waals surface area contributed by atoms with Gasteiger partial charge in [0, 0.05) is 7.11 Å². The van der Waals surface area contributed by atoms with Gasteiger partial charge < -0.3 is 20.9 Å². The fraction of sp³-hybridized carbons (Fsp3) is 1.00. The van der Waals surface area contributed by atoms with Gasteiger partial charge in [0.1, 0.15) is 0 Å². The lowest BCUT2D eigenvalue weighted by Crippen LogP contribution is -2.35. The number of nitrogens with two attached hydrogens (primary N) is 1. The van der Waals surface area contributed by atoms with Gasteiger partial charge in [0.2, 0.25) is 0 Å². The molecule has 0 saturated heterocycles.